The Kier molecular flexibility index (Phi) is 5.81. The number of ether oxygens (including phenoxy) is 1. The van der Waals surface area contributed by atoms with Crippen molar-refractivity contribution in [1.82, 2.24) is 0 Å². The topological polar surface area (TPSA) is 99.4 Å². The maximum Gasteiger partial charge on any atom is 0.305 e. The molecule has 3 N–H and O–H groups in total. The van der Waals surface area contributed by atoms with Crippen LogP contribution in [0, 0.1) is 0 Å². The highest BCUT2D eigenvalue weighted by atomic mass is 79.9. The number of halogens is 1. The van der Waals surface area contributed by atoms with E-state index >= 15 is 0 Å². The minimum atomic E-state index is -0.340. The second-order valence-corrected chi connectivity index (χ2v) is 5.93. The summed E-state index contributed by atoms with van der Waals surface area (Å²) in [6.45, 7) is 0. The highest BCUT2D eigenvalue weighted by Gasteiger charge is 2.09. The number of nitrogens with zero attached hydrogens (tertiary/aromatic N) is 1. The van der Waals surface area contributed by atoms with Gasteiger partial charge >= 0.3 is 5.97 Å². The monoisotopic (exact) mass is 393 g/mol. The maximum absolute atomic E-state index is 11.3. The molecule has 0 aliphatic carbocycles. The van der Waals surface area contributed by atoms with Gasteiger partial charge in [-0.3, -0.25) is 9.79 Å². The smallest absolute Gasteiger partial charge is 0.305 e. The molecule has 24 heavy (non-hydrogen) atoms. The molecule has 0 aliphatic rings. The zero-order chi connectivity index (χ0) is 17.7. The van der Waals surface area contributed by atoms with Crippen LogP contribution in [0.4, 0.5) is 5.69 Å². The van der Waals surface area contributed by atoms with Gasteiger partial charge < -0.3 is 20.1 Å². The number of phenols is 3. The molecular weight excluding hydrogens is 378 g/mol. The normalized spacial score (nSPS) is 10.9. The van der Waals surface area contributed by atoms with Crippen LogP contribution in [0.5, 0.6) is 17.2 Å². The molecule has 0 unspecified atom stereocenters. The first-order valence-electron chi connectivity index (χ1n) is 7.05. The molecule has 2 rings (SSSR count). The number of carbonyl (C=O) groups is 1. The quantitative estimate of drug-likeness (QED) is 0.410. The zero-order valence-corrected chi connectivity index (χ0v) is 14.4. The van der Waals surface area contributed by atoms with E-state index in [9.17, 15) is 20.1 Å². The lowest BCUT2D eigenvalue weighted by atomic mass is 10.1. The Morgan fingerprint density at radius 1 is 1.25 bits per heavy atom. The number of methoxy groups -OCH3 is 1. The third-order valence-corrected chi connectivity index (χ3v) is 3.78. The summed E-state index contributed by atoms with van der Waals surface area (Å²) in [4.78, 5) is 15.5. The van der Waals surface area contributed by atoms with Gasteiger partial charge in [0.05, 0.1) is 12.8 Å². The second kappa shape index (κ2) is 7.83. The van der Waals surface area contributed by atoms with Crippen LogP contribution in [0.1, 0.15) is 17.5 Å². The van der Waals surface area contributed by atoms with Crippen molar-refractivity contribution in [3.05, 3.63) is 45.9 Å². The Labute approximate surface area is 147 Å². The molecule has 7 heteroatoms. The van der Waals surface area contributed by atoms with Crippen LogP contribution >= 0.6 is 15.9 Å². The van der Waals surface area contributed by atoms with E-state index in [1.807, 2.05) is 0 Å². The summed E-state index contributed by atoms with van der Waals surface area (Å²) in [5.74, 6) is -0.872. The molecule has 0 fully saturated rings. The summed E-state index contributed by atoms with van der Waals surface area (Å²) in [6.07, 6.45) is 1.96. The first-order valence-corrected chi connectivity index (χ1v) is 7.84. The molecule has 6 nitrogen and oxygen atoms in total. The molecule has 0 heterocycles. The highest BCUT2D eigenvalue weighted by Crippen LogP contribution is 2.32. The molecule has 0 spiro atoms. The Hall–Kier alpha value is -2.54. The predicted molar refractivity (Wildman–Crippen MR) is 93.2 cm³/mol. The highest BCUT2D eigenvalue weighted by molar-refractivity contribution is 9.10. The molecule has 0 saturated heterocycles. The van der Waals surface area contributed by atoms with Gasteiger partial charge in [-0.2, -0.15) is 0 Å². The fourth-order valence-corrected chi connectivity index (χ4v) is 2.53. The van der Waals surface area contributed by atoms with Crippen LogP contribution in [-0.4, -0.2) is 34.6 Å². The molecule has 0 aromatic heterocycles. The molecule has 2 aromatic carbocycles. The Morgan fingerprint density at radius 2 is 2.00 bits per heavy atom. The summed E-state index contributed by atoms with van der Waals surface area (Å²) < 4.78 is 5.20. The third kappa shape index (κ3) is 4.48. The number of aliphatic imine (C=N–C) groups is 1. The average Bonchev–Trinajstić information content (AvgIpc) is 2.55. The number of aromatic hydroxyl groups is 3. The molecular formula is C17H16BrNO5. The summed E-state index contributed by atoms with van der Waals surface area (Å²) in [6, 6.07) is 7.59. The van der Waals surface area contributed by atoms with Gasteiger partial charge in [0, 0.05) is 28.7 Å². The Bertz CT molecular complexity index is 789. The van der Waals surface area contributed by atoms with E-state index in [2.05, 4.69) is 25.7 Å². The van der Waals surface area contributed by atoms with Crippen molar-refractivity contribution in [2.24, 2.45) is 4.99 Å². The van der Waals surface area contributed by atoms with Crippen molar-refractivity contribution in [3.63, 3.8) is 0 Å². The minimum Gasteiger partial charge on any atom is -0.508 e. The van der Waals surface area contributed by atoms with Crippen molar-refractivity contribution in [2.75, 3.05) is 7.11 Å². The lowest BCUT2D eigenvalue weighted by molar-refractivity contribution is -0.140. The van der Waals surface area contributed by atoms with E-state index in [4.69, 9.17) is 0 Å². The predicted octanol–water partition coefficient (Wildman–Crippen LogP) is 3.42. The zero-order valence-electron chi connectivity index (χ0n) is 12.9. The van der Waals surface area contributed by atoms with Crippen LogP contribution in [0.25, 0.3) is 0 Å². The number of phenolic OH excluding ortho intramolecular Hbond substituents is 3. The van der Waals surface area contributed by atoms with Gasteiger partial charge in [0.25, 0.3) is 0 Å². The van der Waals surface area contributed by atoms with Crippen LogP contribution in [0.2, 0.25) is 0 Å². The first-order chi connectivity index (χ1) is 11.4. The van der Waals surface area contributed by atoms with Crippen molar-refractivity contribution >= 4 is 33.8 Å². The van der Waals surface area contributed by atoms with Crippen molar-refractivity contribution < 1.29 is 24.9 Å². The van der Waals surface area contributed by atoms with Gasteiger partial charge in [0.15, 0.2) is 11.5 Å². The number of hydrogen-bond acceptors (Lipinski definition) is 6. The van der Waals surface area contributed by atoms with Crippen LogP contribution < -0.4 is 0 Å². The lowest BCUT2D eigenvalue weighted by Gasteiger charge is -2.07. The third-order valence-electron chi connectivity index (χ3n) is 3.32. The summed E-state index contributed by atoms with van der Waals surface area (Å²) >= 11 is 3.22. The van der Waals surface area contributed by atoms with Gasteiger partial charge in [-0.05, 0) is 30.2 Å². The number of benzene rings is 2. The van der Waals surface area contributed by atoms with E-state index in [1.54, 1.807) is 12.1 Å². The van der Waals surface area contributed by atoms with Crippen LogP contribution in [0.3, 0.4) is 0 Å². The molecule has 0 saturated carbocycles. The van der Waals surface area contributed by atoms with Gasteiger partial charge in [0.2, 0.25) is 0 Å². The largest absolute Gasteiger partial charge is 0.508 e. The van der Waals surface area contributed by atoms with E-state index in [-0.39, 0.29) is 29.6 Å². The number of hydrogen-bond donors (Lipinski definition) is 3. The van der Waals surface area contributed by atoms with Crippen molar-refractivity contribution in [1.29, 1.82) is 0 Å². The number of rotatable bonds is 5. The van der Waals surface area contributed by atoms with Crippen LogP contribution in [-0.2, 0) is 16.0 Å². The average molecular weight is 394 g/mol. The summed E-state index contributed by atoms with van der Waals surface area (Å²) in [5, 5.41) is 29.1. The fourth-order valence-electron chi connectivity index (χ4n) is 2.07. The second-order valence-electron chi connectivity index (χ2n) is 5.01. The molecule has 0 radical (unpaired) electrons. The van der Waals surface area contributed by atoms with Crippen LogP contribution in [0.15, 0.2) is 39.8 Å². The number of carbonyl (C=O) groups excluding carboxylic acids is 1. The molecule has 0 bridgehead atoms. The SMILES string of the molecule is COC(=O)CCc1ccc(O)cc1N=Cc1cc(Br)cc(O)c1O. The summed E-state index contributed by atoms with van der Waals surface area (Å²) in [7, 11) is 1.32. The van der Waals surface area contributed by atoms with Crippen molar-refractivity contribution in [3.8, 4) is 17.2 Å². The van der Waals surface area contributed by atoms with E-state index in [1.165, 1.54) is 31.5 Å². The summed E-state index contributed by atoms with van der Waals surface area (Å²) in [5.41, 5.74) is 1.51. The van der Waals surface area contributed by atoms with Crippen molar-refractivity contribution in [2.45, 2.75) is 12.8 Å². The molecule has 0 amide bonds. The Balaban J connectivity index is 2.31. The van der Waals surface area contributed by atoms with E-state index in [0.29, 0.717) is 22.1 Å². The van der Waals surface area contributed by atoms with Gasteiger partial charge in [0.1, 0.15) is 5.75 Å². The molecule has 0 aliphatic heterocycles. The standard InChI is InChI=1S/C17H16BrNO5/c1-24-16(22)5-3-10-2-4-13(20)8-14(10)19-9-11-6-12(18)7-15(21)17(11)23/h2,4,6-9,20-21,23H,3,5H2,1H3. The first kappa shape index (κ1) is 17.8. The van der Waals surface area contributed by atoms with Gasteiger partial charge in [-0.25, -0.2) is 0 Å². The van der Waals surface area contributed by atoms with E-state index in [0.717, 1.165) is 5.56 Å². The Morgan fingerprint density at radius 3 is 2.71 bits per heavy atom. The van der Waals surface area contributed by atoms with Gasteiger partial charge in [-0.1, -0.05) is 22.0 Å². The number of aryl methyl sites for hydroxylation is 1. The molecule has 2 aromatic rings. The minimum absolute atomic E-state index is 0.0327. The fraction of sp³-hybridized carbons (Fsp3) is 0.176. The van der Waals surface area contributed by atoms with Gasteiger partial charge in [-0.15, -0.1) is 0 Å². The van der Waals surface area contributed by atoms with E-state index < -0.39 is 0 Å². The number of esters is 1. The molecule has 126 valence electrons. The molecule has 0 atom stereocenters. The maximum atomic E-state index is 11.3. The lowest BCUT2D eigenvalue weighted by Crippen LogP contribution is -2.02.